The third-order valence-electron chi connectivity index (χ3n) is 1.81. The van der Waals surface area contributed by atoms with Crippen LogP contribution in [0.4, 0.5) is 13.2 Å². The maximum absolute atomic E-state index is 12.1. The molecule has 1 atom stereocenters. The first-order chi connectivity index (χ1) is 8.18. The average molecular weight is 287 g/mol. The van der Waals surface area contributed by atoms with Gasteiger partial charge in [0.2, 0.25) is 0 Å². The molecule has 0 aromatic rings. The van der Waals surface area contributed by atoms with Crippen molar-refractivity contribution in [2.24, 2.45) is 0 Å². The Morgan fingerprint density at radius 3 is 2.28 bits per heavy atom. The molecule has 0 aromatic carbocycles. The van der Waals surface area contributed by atoms with Gasteiger partial charge in [0.25, 0.3) is 0 Å². The van der Waals surface area contributed by atoms with Crippen LogP contribution in [0.15, 0.2) is 0 Å². The van der Waals surface area contributed by atoms with Crippen LogP contribution in [0.2, 0.25) is 0 Å². The maximum Gasteiger partial charge on any atom is 0.471 e. The summed E-state index contributed by atoms with van der Waals surface area (Å²) in [6, 6.07) is -1.27. The van der Waals surface area contributed by atoms with Crippen LogP contribution in [0.3, 0.4) is 0 Å². The summed E-state index contributed by atoms with van der Waals surface area (Å²) in [5.41, 5.74) is 0. The van der Waals surface area contributed by atoms with Crippen LogP contribution in [0.5, 0.6) is 0 Å². The molecule has 0 unspecified atom stereocenters. The zero-order valence-electron chi connectivity index (χ0n) is 10.3. The number of alkyl halides is 3. The Labute approximate surface area is 108 Å². The Morgan fingerprint density at radius 2 is 1.89 bits per heavy atom. The van der Waals surface area contributed by atoms with Gasteiger partial charge in [-0.15, -0.1) is 0 Å². The Morgan fingerprint density at radius 1 is 1.33 bits per heavy atom. The van der Waals surface area contributed by atoms with E-state index in [0.29, 0.717) is 5.75 Å². The molecule has 0 heterocycles. The SMILES string of the molecule is CSCC[C@H](NC(=O)C(F)(F)F)C(=O)OC(C)C. The van der Waals surface area contributed by atoms with Crippen LogP contribution in [0.1, 0.15) is 20.3 Å². The van der Waals surface area contributed by atoms with Crippen LogP contribution < -0.4 is 5.32 Å². The van der Waals surface area contributed by atoms with Crippen molar-refractivity contribution in [2.75, 3.05) is 12.0 Å². The normalized spacial score (nSPS) is 13.3. The van der Waals surface area contributed by atoms with E-state index in [9.17, 15) is 22.8 Å². The number of amides is 1. The smallest absolute Gasteiger partial charge is 0.461 e. The average Bonchev–Trinajstić information content (AvgIpc) is 2.21. The zero-order valence-corrected chi connectivity index (χ0v) is 11.2. The number of esters is 1. The minimum absolute atomic E-state index is 0.0918. The van der Waals surface area contributed by atoms with E-state index in [0.717, 1.165) is 0 Å². The maximum atomic E-state index is 12.1. The second-order valence-corrected chi connectivity index (χ2v) is 4.78. The van der Waals surface area contributed by atoms with E-state index in [1.165, 1.54) is 11.8 Å². The second-order valence-electron chi connectivity index (χ2n) is 3.79. The predicted molar refractivity (Wildman–Crippen MR) is 62.2 cm³/mol. The van der Waals surface area contributed by atoms with Crippen molar-refractivity contribution in [3.8, 4) is 0 Å². The van der Waals surface area contributed by atoms with Crippen LogP contribution in [0, 0.1) is 0 Å². The van der Waals surface area contributed by atoms with Crippen molar-refractivity contribution in [3.05, 3.63) is 0 Å². The molecular formula is C10H16F3NO3S. The standard InChI is InChI=1S/C10H16F3NO3S/c1-6(2)17-8(15)7(4-5-18-3)14-9(16)10(11,12)13/h6-7H,4-5H2,1-3H3,(H,14,16)/t7-/m0/s1. The molecule has 0 aliphatic carbocycles. The molecular weight excluding hydrogens is 271 g/mol. The summed E-state index contributed by atoms with van der Waals surface area (Å²) >= 11 is 1.36. The Kier molecular flexibility index (Phi) is 7.12. The van der Waals surface area contributed by atoms with Gasteiger partial charge in [0.05, 0.1) is 6.10 Å². The van der Waals surface area contributed by atoms with Gasteiger partial charge in [-0.2, -0.15) is 24.9 Å². The highest BCUT2D eigenvalue weighted by molar-refractivity contribution is 7.98. The summed E-state index contributed by atoms with van der Waals surface area (Å²) in [7, 11) is 0. The van der Waals surface area contributed by atoms with Gasteiger partial charge in [-0.25, -0.2) is 4.79 Å². The Hall–Kier alpha value is -0.920. The molecule has 1 amide bonds. The van der Waals surface area contributed by atoms with Gasteiger partial charge in [0, 0.05) is 0 Å². The van der Waals surface area contributed by atoms with Crippen molar-refractivity contribution in [1.29, 1.82) is 0 Å². The molecule has 0 spiro atoms. The minimum atomic E-state index is -5.00. The first-order valence-corrected chi connectivity index (χ1v) is 6.65. The highest BCUT2D eigenvalue weighted by Gasteiger charge is 2.41. The lowest BCUT2D eigenvalue weighted by Crippen LogP contribution is -2.48. The molecule has 0 saturated carbocycles. The lowest BCUT2D eigenvalue weighted by molar-refractivity contribution is -0.176. The number of nitrogens with one attached hydrogen (secondary N) is 1. The summed E-state index contributed by atoms with van der Waals surface area (Å²) in [5, 5.41) is 1.65. The van der Waals surface area contributed by atoms with Crippen molar-refractivity contribution in [2.45, 2.75) is 38.6 Å². The van der Waals surface area contributed by atoms with Crippen molar-refractivity contribution >= 4 is 23.6 Å². The summed E-state index contributed by atoms with van der Waals surface area (Å²) in [5.74, 6) is -2.54. The third-order valence-corrected chi connectivity index (χ3v) is 2.45. The molecule has 0 radical (unpaired) electrons. The summed E-state index contributed by atoms with van der Waals surface area (Å²) in [6.45, 7) is 3.16. The lowest BCUT2D eigenvalue weighted by Gasteiger charge is -2.19. The van der Waals surface area contributed by atoms with Crippen LogP contribution in [-0.4, -0.2) is 42.2 Å². The first-order valence-electron chi connectivity index (χ1n) is 5.25. The van der Waals surface area contributed by atoms with E-state index in [1.807, 2.05) is 0 Å². The molecule has 4 nitrogen and oxygen atoms in total. The fourth-order valence-electron chi connectivity index (χ4n) is 1.04. The molecule has 0 aliphatic rings. The van der Waals surface area contributed by atoms with E-state index in [2.05, 4.69) is 0 Å². The van der Waals surface area contributed by atoms with Gasteiger partial charge in [-0.1, -0.05) is 0 Å². The lowest BCUT2D eigenvalue weighted by atomic mass is 10.2. The highest BCUT2D eigenvalue weighted by atomic mass is 32.2. The van der Waals surface area contributed by atoms with Gasteiger partial charge < -0.3 is 10.1 Å². The fraction of sp³-hybridized carbons (Fsp3) is 0.800. The molecule has 0 saturated heterocycles. The van der Waals surface area contributed by atoms with Crippen LogP contribution in [0.25, 0.3) is 0 Å². The third kappa shape index (κ3) is 6.73. The number of ether oxygens (including phenoxy) is 1. The van der Waals surface area contributed by atoms with E-state index < -0.39 is 30.2 Å². The molecule has 0 aromatic heterocycles. The number of hydrogen-bond acceptors (Lipinski definition) is 4. The quantitative estimate of drug-likeness (QED) is 0.756. The van der Waals surface area contributed by atoms with E-state index in [1.54, 1.807) is 25.4 Å². The molecule has 0 rings (SSSR count). The van der Waals surface area contributed by atoms with E-state index in [-0.39, 0.29) is 6.42 Å². The van der Waals surface area contributed by atoms with Gasteiger partial charge >= 0.3 is 18.1 Å². The number of rotatable bonds is 6. The van der Waals surface area contributed by atoms with Crippen molar-refractivity contribution < 1.29 is 27.5 Å². The number of carbonyl (C=O) groups is 2. The summed E-state index contributed by atoms with van der Waals surface area (Å²) < 4.78 is 41.1. The first kappa shape index (κ1) is 17.1. The number of halogens is 3. The minimum Gasteiger partial charge on any atom is -0.461 e. The van der Waals surface area contributed by atoms with E-state index in [4.69, 9.17) is 4.74 Å². The van der Waals surface area contributed by atoms with E-state index >= 15 is 0 Å². The molecule has 18 heavy (non-hydrogen) atoms. The zero-order chi connectivity index (χ0) is 14.3. The monoisotopic (exact) mass is 287 g/mol. The summed E-state index contributed by atoms with van der Waals surface area (Å²) in [4.78, 5) is 22.3. The molecule has 0 aliphatic heterocycles. The largest absolute Gasteiger partial charge is 0.471 e. The Bertz CT molecular complexity index is 295. The van der Waals surface area contributed by atoms with Gasteiger partial charge in [-0.05, 0) is 32.3 Å². The molecule has 106 valence electrons. The van der Waals surface area contributed by atoms with Crippen molar-refractivity contribution in [1.82, 2.24) is 5.32 Å². The highest BCUT2D eigenvalue weighted by Crippen LogP contribution is 2.15. The Balaban J connectivity index is 4.58. The predicted octanol–water partition coefficient (Wildman–Crippen LogP) is 1.74. The topological polar surface area (TPSA) is 55.4 Å². The molecule has 1 N–H and O–H groups in total. The van der Waals surface area contributed by atoms with Gasteiger partial charge in [0.1, 0.15) is 6.04 Å². The number of thioether (sulfide) groups is 1. The van der Waals surface area contributed by atoms with Crippen molar-refractivity contribution in [3.63, 3.8) is 0 Å². The van der Waals surface area contributed by atoms with Crippen LogP contribution >= 0.6 is 11.8 Å². The summed E-state index contributed by atoms with van der Waals surface area (Å²) in [6.07, 6.45) is -3.61. The molecule has 0 fully saturated rings. The molecule has 8 heteroatoms. The number of hydrogen-bond donors (Lipinski definition) is 1. The van der Waals surface area contributed by atoms with Crippen LogP contribution in [-0.2, 0) is 14.3 Å². The fourth-order valence-corrected chi connectivity index (χ4v) is 1.51. The van der Waals surface area contributed by atoms with Gasteiger partial charge in [-0.3, -0.25) is 4.79 Å². The second kappa shape index (κ2) is 7.50. The number of carbonyl (C=O) groups excluding carboxylic acids is 2. The molecule has 0 bridgehead atoms. The van der Waals surface area contributed by atoms with Gasteiger partial charge in [0.15, 0.2) is 0 Å².